The maximum Gasteiger partial charge on any atom is 0.0585 e. The quantitative estimate of drug-likeness (QED) is 0.729. The van der Waals surface area contributed by atoms with E-state index in [1.54, 1.807) is 0 Å². The molecular formula is C15H30N2O. The molecule has 2 aliphatic carbocycles. The highest BCUT2D eigenvalue weighted by atomic mass is 16.3. The summed E-state index contributed by atoms with van der Waals surface area (Å²) < 4.78 is 0. The molecule has 2 rings (SSSR count). The molecule has 0 spiro atoms. The summed E-state index contributed by atoms with van der Waals surface area (Å²) in [6.07, 6.45) is 9.17. The monoisotopic (exact) mass is 254 g/mol. The molecule has 2 fully saturated rings. The molecule has 0 aromatic carbocycles. The first-order valence-electron chi connectivity index (χ1n) is 7.76. The van der Waals surface area contributed by atoms with Crippen molar-refractivity contribution in [2.75, 3.05) is 20.2 Å². The first kappa shape index (κ1) is 14.3. The Hall–Kier alpha value is -0.120. The summed E-state index contributed by atoms with van der Waals surface area (Å²) in [5, 5.41) is 12.9. The smallest absolute Gasteiger partial charge is 0.0585 e. The molecule has 0 aliphatic heterocycles. The summed E-state index contributed by atoms with van der Waals surface area (Å²) in [6.45, 7) is 3.77. The molecule has 0 heterocycles. The minimum absolute atomic E-state index is 0.284. The Bertz CT molecular complexity index is 235. The largest absolute Gasteiger partial charge is 0.395 e. The van der Waals surface area contributed by atoms with Crippen LogP contribution in [-0.2, 0) is 0 Å². The van der Waals surface area contributed by atoms with Gasteiger partial charge in [0.25, 0.3) is 0 Å². The fourth-order valence-electron chi connectivity index (χ4n) is 3.04. The predicted molar refractivity (Wildman–Crippen MR) is 75.7 cm³/mol. The van der Waals surface area contributed by atoms with Crippen LogP contribution < -0.4 is 5.32 Å². The zero-order valence-electron chi connectivity index (χ0n) is 12.1. The van der Waals surface area contributed by atoms with Crippen molar-refractivity contribution in [2.45, 2.75) is 70.0 Å². The summed E-state index contributed by atoms with van der Waals surface area (Å²) >= 11 is 0. The van der Waals surface area contributed by atoms with Crippen LogP contribution in [-0.4, -0.2) is 48.3 Å². The molecule has 2 saturated carbocycles. The maximum absolute atomic E-state index is 9.38. The minimum Gasteiger partial charge on any atom is -0.395 e. The van der Waals surface area contributed by atoms with Crippen LogP contribution >= 0.6 is 0 Å². The van der Waals surface area contributed by atoms with Gasteiger partial charge in [-0.15, -0.1) is 0 Å². The van der Waals surface area contributed by atoms with Crippen molar-refractivity contribution >= 4 is 0 Å². The van der Waals surface area contributed by atoms with Crippen molar-refractivity contribution in [3.63, 3.8) is 0 Å². The van der Waals surface area contributed by atoms with Gasteiger partial charge in [-0.05, 0) is 64.5 Å². The van der Waals surface area contributed by atoms with Gasteiger partial charge in [-0.1, -0.05) is 6.92 Å². The zero-order chi connectivity index (χ0) is 13.0. The lowest BCUT2D eigenvalue weighted by atomic mass is 9.86. The van der Waals surface area contributed by atoms with Gasteiger partial charge in [0.1, 0.15) is 0 Å². The van der Waals surface area contributed by atoms with Crippen LogP contribution in [0.4, 0.5) is 0 Å². The third-order valence-corrected chi connectivity index (χ3v) is 4.71. The van der Waals surface area contributed by atoms with Crippen LogP contribution in [0.25, 0.3) is 0 Å². The molecule has 0 aromatic rings. The van der Waals surface area contributed by atoms with E-state index < -0.39 is 0 Å². The number of aliphatic hydroxyl groups excluding tert-OH is 1. The van der Waals surface area contributed by atoms with Crippen molar-refractivity contribution in [3.8, 4) is 0 Å². The molecule has 0 amide bonds. The van der Waals surface area contributed by atoms with E-state index in [2.05, 4.69) is 24.2 Å². The number of nitrogens with zero attached hydrogens (tertiary/aromatic N) is 1. The SMILES string of the molecule is CC1CCC(N(C)CCC(CO)NC2CC2)CC1. The molecule has 18 heavy (non-hydrogen) atoms. The van der Waals surface area contributed by atoms with Gasteiger partial charge in [0.05, 0.1) is 6.61 Å². The van der Waals surface area contributed by atoms with Crippen molar-refractivity contribution in [2.24, 2.45) is 5.92 Å². The second kappa shape index (κ2) is 6.88. The van der Waals surface area contributed by atoms with Gasteiger partial charge in [-0.2, -0.15) is 0 Å². The fraction of sp³-hybridized carbons (Fsp3) is 1.00. The summed E-state index contributed by atoms with van der Waals surface area (Å²) in [7, 11) is 2.26. The molecule has 106 valence electrons. The molecule has 0 aromatic heterocycles. The Labute approximate surface area is 112 Å². The van der Waals surface area contributed by atoms with E-state index in [0.29, 0.717) is 12.1 Å². The first-order valence-corrected chi connectivity index (χ1v) is 7.76. The standard InChI is InChI=1S/C15H30N2O/c1-12-3-7-15(8-4-12)17(2)10-9-14(11-18)16-13-5-6-13/h12-16,18H,3-11H2,1-2H3. The highest BCUT2D eigenvalue weighted by molar-refractivity contribution is 4.85. The van der Waals surface area contributed by atoms with Gasteiger partial charge in [-0.3, -0.25) is 0 Å². The number of hydrogen-bond donors (Lipinski definition) is 2. The Kier molecular flexibility index (Phi) is 5.46. The lowest BCUT2D eigenvalue weighted by Gasteiger charge is -2.34. The Morgan fingerprint density at radius 3 is 2.39 bits per heavy atom. The van der Waals surface area contributed by atoms with Crippen LogP contribution in [0, 0.1) is 5.92 Å². The second-order valence-corrected chi connectivity index (χ2v) is 6.50. The van der Waals surface area contributed by atoms with Crippen LogP contribution in [0.15, 0.2) is 0 Å². The van der Waals surface area contributed by atoms with Crippen LogP contribution in [0.5, 0.6) is 0 Å². The summed E-state index contributed by atoms with van der Waals surface area (Å²) in [5.41, 5.74) is 0. The topological polar surface area (TPSA) is 35.5 Å². The average Bonchev–Trinajstić information content (AvgIpc) is 3.18. The normalized spacial score (nSPS) is 30.7. The molecule has 2 N–H and O–H groups in total. The molecule has 0 radical (unpaired) electrons. The molecule has 1 atom stereocenters. The minimum atomic E-state index is 0.284. The van der Waals surface area contributed by atoms with E-state index in [1.165, 1.54) is 38.5 Å². The molecular weight excluding hydrogens is 224 g/mol. The summed E-state index contributed by atoms with van der Waals surface area (Å²) in [5.74, 6) is 0.927. The van der Waals surface area contributed by atoms with Crippen molar-refractivity contribution < 1.29 is 5.11 Å². The maximum atomic E-state index is 9.38. The third-order valence-electron chi connectivity index (χ3n) is 4.71. The number of hydrogen-bond acceptors (Lipinski definition) is 3. The van der Waals surface area contributed by atoms with E-state index in [0.717, 1.165) is 24.9 Å². The van der Waals surface area contributed by atoms with E-state index in [9.17, 15) is 5.11 Å². The van der Waals surface area contributed by atoms with E-state index in [4.69, 9.17) is 0 Å². The third kappa shape index (κ3) is 4.52. The molecule has 3 heteroatoms. The molecule has 2 aliphatic rings. The van der Waals surface area contributed by atoms with Crippen molar-refractivity contribution in [1.82, 2.24) is 10.2 Å². The molecule has 0 saturated heterocycles. The molecule has 3 nitrogen and oxygen atoms in total. The van der Waals surface area contributed by atoms with Crippen molar-refractivity contribution in [1.29, 1.82) is 0 Å². The van der Waals surface area contributed by atoms with Gasteiger partial charge in [0.15, 0.2) is 0 Å². The Morgan fingerprint density at radius 2 is 1.83 bits per heavy atom. The number of aliphatic hydroxyl groups is 1. The van der Waals surface area contributed by atoms with Crippen LogP contribution in [0.2, 0.25) is 0 Å². The van der Waals surface area contributed by atoms with Crippen LogP contribution in [0.3, 0.4) is 0 Å². The predicted octanol–water partition coefficient (Wildman–Crippen LogP) is 2.00. The number of nitrogens with one attached hydrogen (secondary N) is 1. The fourth-order valence-corrected chi connectivity index (χ4v) is 3.04. The van der Waals surface area contributed by atoms with E-state index in [-0.39, 0.29) is 6.61 Å². The Balaban J connectivity index is 1.64. The van der Waals surface area contributed by atoms with E-state index in [1.807, 2.05) is 0 Å². The average molecular weight is 254 g/mol. The Morgan fingerprint density at radius 1 is 1.17 bits per heavy atom. The van der Waals surface area contributed by atoms with Crippen molar-refractivity contribution in [3.05, 3.63) is 0 Å². The molecule has 1 unspecified atom stereocenters. The second-order valence-electron chi connectivity index (χ2n) is 6.50. The van der Waals surface area contributed by atoms with E-state index >= 15 is 0 Å². The highest BCUT2D eigenvalue weighted by Crippen LogP contribution is 2.26. The van der Waals surface area contributed by atoms with Gasteiger partial charge in [-0.25, -0.2) is 0 Å². The van der Waals surface area contributed by atoms with Gasteiger partial charge in [0, 0.05) is 18.1 Å². The van der Waals surface area contributed by atoms with Gasteiger partial charge < -0.3 is 15.3 Å². The van der Waals surface area contributed by atoms with Crippen LogP contribution in [0.1, 0.15) is 51.9 Å². The lowest BCUT2D eigenvalue weighted by Crippen LogP contribution is -2.40. The zero-order valence-corrected chi connectivity index (χ0v) is 12.1. The van der Waals surface area contributed by atoms with Gasteiger partial charge >= 0.3 is 0 Å². The first-order chi connectivity index (χ1) is 8.69. The number of rotatable bonds is 7. The summed E-state index contributed by atoms with van der Waals surface area (Å²) in [6, 6.07) is 1.78. The van der Waals surface area contributed by atoms with Gasteiger partial charge in [0.2, 0.25) is 0 Å². The lowest BCUT2D eigenvalue weighted by molar-refractivity contribution is 0.153. The highest BCUT2D eigenvalue weighted by Gasteiger charge is 2.25. The summed E-state index contributed by atoms with van der Waals surface area (Å²) in [4.78, 5) is 2.52. The molecule has 0 bridgehead atoms.